The molecule has 4 aromatic carbocycles. The van der Waals surface area contributed by atoms with E-state index >= 15 is 0 Å². The fourth-order valence-corrected chi connectivity index (χ4v) is 7.85. The van der Waals surface area contributed by atoms with Gasteiger partial charge in [0.15, 0.2) is 22.9 Å². The number of alkyl halides is 6. The molecule has 2 unspecified atom stereocenters. The van der Waals surface area contributed by atoms with Crippen LogP contribution in [0.5, 0.6) is 0 Å². The van der Waals surface area contributed by atoms with Crippen LogP contribution in [0.4, 0.5) is 26.3 Å². The van der Waals surface area contributed by atoms with Gasteiger partial charge in [-0.15, -0.1) is 0 Å². The zero-order valence-electron chi connectivity index (χ0n) is 33.0. The number of oxazole rings is 2. The molecule has 0 saturated carbocycles. The molecule has 0 bridgehead atoms. The van der Waals surface area contributed by atoms with Gasteiger partial charge in [-0.25, -0.2) is 19.6 Å². The predicted molar refractivity (Wildman–Crippen MR) is 214 cm³/mol. The zero-order chi connectivity index (χ0) is 44.4. The van der Waals surface area contributed by atoms with E-state index in [1.165, 1.54) is 50.4 Å². The van der Waals surface area contributed by atoms with Crippen LogP contribution >= 0.6 is 46.4 Å². The van der Waals surface area contributed by atoms with Crippen LogP contribution in [0, 0.1) is 13.8 Å². The molecule has 64 heavy (non-hydrogen) atoms. The summed E-state index contributed by atoms with van der Waals surface area (Å²) in [5, 5.41) is 16.8. The van der Waals surface area contributed by atoms with Crippen LogP contribution in [0.3, 0.4) is 0 Å². The molecule has 0 aliphatic carbocycles. The minimum absolute atomic E-state index is 0. The number of nitrogens with zero attached hydrogens (tertiary/aromatic N) is 4. The summed E-state index contributed by atoms with van der Waals surface area (Å²) in [6.45, 7) is 3.04. The molecule has 0 fully saturated rings. The Morgan fingerprint density at radius 1 is 0.672 bits per heavy atom. The summed E-state index contributed by atoms with van der Waals surface area (Å²) >= 11 is 23.6. The SMILES string of the molecule is COC(=O)c1ccc(C2=NOC(c3cc(Cl)cc(Cl)c3)(C(F)(F)F)C2)c2nc(C)oc12.Cc1nc2c(C3=NOC(c4cc(Cl)cc(Cl)c4)(C(F)(F)F)C3)ccc(C(=O)O)c2o1.O.[Na+].[OH-]. The van der Waals surface area contributed by atoms with Crippen molar-refractivity contribution in [2.75, 3.05) is 7.11 Å². The molecule has 2 atom stereocenters. The molecule has 0 saturated heterocycles. The molecule has 0 spiro atoms. The molecule has 2 aliphatic heterocycles. The van der Waals surface area contributed by atoms with E-state index in [9.17, 15) is 41.0 Å². The number of carboxylic acids is 1. The molecule has 6 aromatic rings. The first-order valence-corrected chi connectivity index (χ1v) is 18.8. The predicted octanol–water partition coefficient (Wildman–Crippen LogP) is 7.54. The van der Waals surface area contributed by atoms with Crippen molar-refractivity contribution in [1.82, 2.24) is 9.97 Å². The molecule has 334 valence electrons. The van der Waals surface area contributed by atoms with E-state index in [1.54, 1.807) is 6.92 Å². The Kier molecular flexibility index (Phi) is 15.5. The number of aryl methyl sites for hydroxylation is 2. The molecule has 4 N–H and O–H groups in total. The topological polar surface area (TPSA) is 220 Å². The fourth-order valence-electron chi connectivity index (χ4n) is 6.80. The van der Waals surface area contributed by atoms with Crippen LogP contribution in [0.15, 0.2) is 79.8 Å². The van der Waals surface area contributed by atoms with E-state index in [4.69, 9.17) is 69.7 Å². The first kappa shape index (κ1) is 52.0. The van der Waals surface area contributed by atoms with Crippen LogP contribution in [0.2, 0.25) is 20.1 Å². The quantitative estimate of drug-likeness (QED) is 0.0976. The number of esters is 1. The number of carbonyl (C=O) groups excluding carboxylic acids is 1. The third-order valence-electron chi connectivity index (χ3n) is 9.59. The van der Waals surface area contributed by atoms with Gasteiger partial charge in [-0.3, -0.25) is 0 Å². The van der Waals surface area contributed by atoms with Crippen molar-refractivity contribution < 1.29 is 105 Å². The van der Waals surface area contributed by atoms with E-state index < -0.39 is 48.3 Å². The molecule has 2 aromatic heterocycles. The number of fused-ring (bicyclic) bond motifs is 2. The Labute approximate surface area is 397 Å². The van der Waals surface area contributed by atoms with Gasteiger partial charge in [0.25, 0.3) is 11.2 Å². The normalized spacial score (nSPS) is 18.0. The second kappa shape index (κ2) is 19.1. The number of benzene rings is 4. The summed E-state index contributed by atoms with van der Waals surface area (Å²) in [6, 6.07) is 12.5. The van der Waals surface area contributed by atoms with Crippen molar-refractivity contribution in [2.24, 2.45) is 10.3 Å². The zero-order valence-corrected chi connectivity index (χ0v) is 38.0. The van der Waals surface area contributed by atoms with Crippen LogP contribution in [-0.2, 0) is 25.6 Å². The van der Waals surface area contributed by atoms with Gasteiger partial charge in [-0.1, -0.05) is 56.7 Å². The number of halogens is 10. The average Bonchev–Trinajstić information content (AvgIpc) is 3.97. The largest absolute Gasteiger partial charge is 1.00 e. The average molecular weight is 990 g/mol. The Hall–Kier alpha value is -4.64. The molecule has 25 heteroatoms. The van der Waals surface area contributed by atoms with Gasteiger partial charge in [0.05, 0.1) is 31.4 Å². The van der Waals surface area contributed by atoms with Crippen LogP contribution < -0.4 is 29.6 Å². The third kappa shape index (κ3) is 9.38. The van der Waals surface area contributed by atoms with E-state index in [2.05, 4.69) is 20.3 Å². The molecule has 0 amide bonds. The van der Waals surface area contributed by atoms with Gasteiger partial charge in [-0.2, -0.15) is 26.3 Å². The Morgan fingerprint density at radius 2 is 1.03 bits per heavy atom. The minimum Gasteiger partial charge on any atom is -0.870 e. The number of aromatic carboxylic acids is 1. The minimum atomic E-state index is -4.86. The van der Waals surface area contributed by atoms with Crippen molar-refractivity contribution >= 4 is 92.0 Å². The van der Waals surface area contributed by atoms with Crippen LogP contribution in [0.1, 0.15) is 67.6 Å². The van der Waals surface area contributed by atoms with E-state index in [-0.39, 0.29) is 139 Å². The van der Waals surface area contributed by atoms with Crippen LogP contribution in [-0.4, -0.2) is 68.9 Å². The molecule has 0 radical (unpaired) electrons. The first-order chi connectivity index (χ1) is 28.6. The molecular weight excluding hydrogens is 963 g/mol. The monoisotopic (exact) mass is 988 g/mol. The Bertz CT molecular complexity index is 2820. The number of hydrogen-bond donors (Lipinski definition) is 1. The smallest absolute Gasteiger partial charge is 0.870 e. The maximum atomic E-state index is 14.2. The standard InChI is InChI=1S/C20H13Cl2F3N2O4.C19H11Cl2F3N2O4.Na.2H2O/c1-9-26-16-13(3-4-14(17(16)30-9)18(28)29-2)15-8-19(31-27-15,20(23,24)25)10-5-11(21)7-12(22)6-10;1-8-25-15-12(2-3-13(17(27)28)16(15)29-8)14-7-18(30-26-14,19(22,23)24)9-4-10(20)6-11(21)5-9;;;/h3-7H,8H2,1-2H3;2-6H,7H2,1H3,(H,27,28);;2*1H2/q;;+1;;/p-1. The number of carbonyl (C=O) groups is 2. The third-order valence-corrected chi connectivity index (χ3v) is 10.5. The summed E-state index contributed by atoms with van der Waals surface area (Å²) in [6.07, 6.45) is -11.0. The number of aromatic nitrogens is 2. The molecule has 14 nitrogen and oxygen atoms in total. The number of hydrogen-bond acceptors (Lipinski definition) is 12. The van der Waals surface area contributed by atoms with Gasteiger partial charge in [0.1, 0.15) is 22.2 Å². The molecule has 4 heterocycles. The Balaban J connectivity index is 0.000000268. The second-order valence-electron chi connectivity index (χ2n) is 13.5. The summed E-state index contributed by atoms with van der Waals surface area (Å²) in [5.74, 6) is -1.56. The summed E-state index contributed by atoms with van der Waals surface area (Å²) in [4.78, 5) is 41.8. The van der Waals surface area contributed by atoms with Crippen molar-refractivity contribution in [2.45, 2.75) is 50.2 Å². The first-order valence-electron chi connectivity index (χ1n) is 17.3. The van der Waals surface area contributed by atoms with Crippen molar-refractivity contribution in [3.05, 3.63) is 126 Å². The van der Waals surface area contributed by atoms with Crippen LogP contribution in [0.25, 0.3) is 22.2 Å². The summed E-state index contributed by atoms with van der Waals surface area (Å²) in [5.41, 5.74) is -5.68. The van der Waals surface area contributed by atoms with Crippen molar-refractivity contribution in [3.8, 4) is 0 Å². The number of ether oxygens (including phenoxy) is 1. The van der Waals surface area contributed by atoms with Gasteiger partial charge in [-0.05, 0) is 60.7 Å². The van der Waals surface area contributed by atoms with Gasteiger partial charge in [0.2, 0.25) is 0 Å². The maximum Gasteiger partial charge on any atom is 1.00 e. The number of carboxylic acid groups (broad SMARTS) is 1. The Morgan fingerprint density at radius 3 is 1.38 bits per heavy atom. The van der Waals surface area contributed by atoms with Gasteiger partial charge in [0, 0.05) is 56.2 Å². The second-order valence-corrected chi connectivity index (χ2v) is 15.3. The molecule has 8 rings (SSSR count). The summed E-state index contributed by atoms with van der Waals surface area (Å²) < 4.78 is 101. The van der Waals surface area contributed by atoms with Gasteiger partial charge >= 0.3 is 53.8 Å². The van der Waals surface area contributed by atoms with E-state index in [1.807, 2.05) is 0 Å². The maximum absolute atomic E-state index is 14.2. The molecular formula is C39H27Cl4F6N4NaO10. The molecule has 2 aliphatic rings. The van der Waals surface area contributed by atoms with Crippen molar-refractivity contribution in [1.29, 1.82) is 0 Å². The number of oxime groups is 2. The summed E-state index contributed by atoms with van der Waals surface area (Å²) in [7, 11) is 1.20. The van der Waals surface area contributed by atoms with Crippen molar-refractivity contribution in [3.63, 3.8) is 0 Å². The van der Waals surface area contributed by atoms with Gasteiger partial charge < -0.3 is 39.3 Å². The number of rotatable bonds is 6. The number of methoxy groups -OCH3 is 1. The van der Waals surface area contributed by atoms with E-state index in [0.29, 0.717) is 0 Å². The fraction of sp³-hybridized carbons (Fsp3) is 0.231. The van der Waals surface area contributed by atoms with E-state index in [0.717, 1.165) is 24.3 Å².